The van der Waals surface area contributed by atoms with Crippen LogP contribution < -0.4 is 0 Å². The van der Waals surface area contributed by atoms with Gasteiger partial charge in [0.05, 0.1) is 0 Å². The molecule has 231 valence electrons. The van der Waals surface area contributed by atoms with E-state index < -0.39 is 0 Å². The Balaban J connectivity index is 3.54. The molecule has 4 heteroatoms. The highest BCUT2D eigenvalue weighted by Crippen LogP contribution is 2.17. The zero-order valence-corrected chi connectivity index (χ0v) is 26.6. The van der Waals surface area contributed by atoms with Crippen molar-refractivity contribution in [2.45, 2.75) is 207 Å². The molecule has 0 aromatic rings. The van der Waals surface area contributed by atoms with Gasteiger partial charge in [0.25, 0.3) is 0 Å². The van der Waals surface area contributed by atoms with Crippen LogP contribution in [0.3, 0.4) is 0 Å². The lowest BCUT2D eigenvalue weighted by Crippen LogP contribution is -2.17. The Hall–Kier alpha value is -1.06. The zero-order valence-electron chi connectivity index (χ0n) is 26.6. The Bertz CT molecular complexity index is 475. The number of hydrogen-bond donors (Lipinski definition) is 0. The third-order valence-corrected chi connectivity index (χ3v) is 7.71. The van der Waals surface area contributed by atoms with Gasteiger partial charge in [-0.2, -0.15) is 0 Å². The highest BCUT2D eigenvalue weighted by molar-refractivity contribution is 5.72. The minimum absolute atomic E-state index is 0.161. The first-order valence-corrected chi connectivity index (χ1v) is 17.4. The fraction of sp³-hybridized carbons (Fsp3) is 0.914. The van der Waals surface area contributed by atoms with Crippen molar-refractivity contribution in [3.63, 3.8) is 0 Å². The van der Waals surface area contributed by atoms with Gasteiger partial charge in [-0.25, -0.2) is 0 Å². The van der Waals surface area contributed by atoms with Gasteiger partial charge in [0.2, 0.25) is 0 Å². The van der Waals surface area contributed by atoms with E-state index in [0.29, 0.717) is 19.3 Å². The summed E-state index contributed by atoms with van der Waals surface area (Å²) in [6.45, 7) is 6.39. The molecule has 1 radical (unpaired) electrons. The predicted octanol–water partition coefficient (Wildman–Crippen LogP) is 11.9. The van der Waals surface area contributed by atoms with Crippen molar-refractivity contribution in [2.75, 3.05) is 0 Å². The van der Waals surface area contributed by atoms with E-state index in [2.05, 4.69) is 13.8 Å². The smallest absolute Gasteiger partial charge is 0.333 e. The maximum Gasteiger partial charge on any atom is 0.333 e. The zero-order chi connectivity index (χ0) is 28.7. The molecule has 0 amide bonds. The lowest BCUT2D eigenvalue weighted by Gasteiger charge is -2.14. The van der Waals surface area contributed by atoms with Gasteiger partial charge in [0.15, 0.2) is 0 Å². The van der Waals surface area contributed by atoms with E-state index in [4.69, 9.17) is 9.47 Å². The van der Waals surface area contributed by atoms with E-state index in [1.54, 1.807) is 0 Å². The van der Waals surface area contributed by atoms with Crippen molar-refractivity contribution in [1.82, 2.24) is 0 Å². The van der Waals surface area contributed by atoms with Gasteiger partial charge in [-0.3, -0.25) is 9.59 Å². The molecule has 0 atom stereocenters. The number of unbranched alkanes of at least 4 members (excludes halogenated alkanes) is 24. The minimum atomic E-state index is -0.274. The summed E-state index contributed by atoms with van der Waals surface area (Å²) in [5.74, 6) is -0.549. The number of carbonyl (C=O) groups excluding carboxylic acids is 2. The topological polar surface area (TPSA) is 52.6 Å². The molecule has 0 N–H and O–H groups in total. The van der Waals surface area contributed by atoms with Gasteiger partial charge in [0.1, 0.15) is 0 Å². The second kappa shape index (κ2) is 31.5. The van der Waals surface area contributed by atoms with E-state index in [9.17, 15) is 9.59 Å². The summed E-state index contributed by atoms with van der Waals surface area (Å²) in [7, 11) is 0. The third-order valence-electron chi connectivity index (χ3n) is 7.71. The number of carbonyl (C=O) groups is 2. The summed E-state index contributed by atoms with van der Waals surface area (Å²) in [5.41, 5.74) is 0. The average molecular weight is 552 g/mol. The molecule has 4 nitrogen and oxygen atoms in total. The van der Waals surface area contributed by atoms with E-state index in [0.717, 1.165) is 25.7 Å². The molecule has 0 unspecified atom stereocenters. The van der Waals surface area contributed by atoms with Crippen LogP contribution in [0.15, 0.2) is 0 Å². The standard InChI is InChI=1S/C35H67O4/c1-4-7-9-11-13-15-17-19-21-23-25-27-29-31-33(36)38-35(6-3)39-34(37)32-30-28-26-24-22-20-18-16-14-12-10-8-5-2/h4-32H2,1-3H3. The van der Waals surface area contributed by atoms with Crippen LogP contribution in [0.5, 0.6) is 0 Å². The molecule has 0 saturated heterocycles. The first-order chi connectivity index (χ1) is 19.1. The SMILES string of the molecule is CCCCCCCCCCCCCCCC(=O)O[C](CC)OC(=O)CCCCCCCCCCCCCCC. The number of hydrogen-bond acceptors (Lipinski definition) is 4. The van der Waals surface area contributed by atoms with Gasteiger partial charge in [0, 0.05) is 19.3 Å². The van der Waals surface area contributed by atoms with Crippen LogP contribution in [-0.2, 0) is 19.1 Å². The lowest BCUT2D eigenvalue weighted by atomic mass is 10.0. The molecule has 0 aliphatic heterocycles. The normalized spacial score (nSPS) is 11.3. The van der Waals surface area contributed by atoms with Crippen molar-refractivity contribution >= 4 is 11.9 Å². The molecule has 0 fully saturated rings. The van der Waals surface area contributed by atoms with Crippen LogP contribution in [0.1, 0.15) is 207 Å². The summed E-state index contributed by atoms with van der Waals surface area (Å²) in [4.78, 5) is 24.3. The summed E-state index contributed by atoms with van der Waals surface area (Å²) >= 11 is 0. The molecule has 0 saturated carbocycles. The van der Waals surface area contributed by atoms with Gasteiger partial charge in [-0.15, -0.1) is 0 Å². The monoisotopic (exact) mass is 552 g/mol. The van der Waals surface area contributed by atoms with Crippen molar-refractivity contribution in [3.8, 4) is 0 Å². The molecule has 0 aromatic heterocycles. The van der Waals surface area contributed by atoms with E-state index >= 15 is 0 Å². The van der Waals surface area contributed by atoms with Gasteiger partial charge in [-0.1, -0.05) is 175 Å². The van der Waals surface area contributed by atoms with Crippen LogP contribution in [0, 0.1) is 6.29 Å². The maximum absolute atomic E-state index is 12.1. The molecule has 0 bridgehead atoms. The van der Waals surface area contributed by atoms with Gasteiger partial charge in [-0.05, 0) is 12.8 Å². The molecule has 0 aliphatic rings. The number of esters is 2. The molecular weight excluding hydrogens is 484 g/mol. The summed E-state index contributed by atoms with van der Waals surface area (Å²) in [5, 5.41) is 0. The summed E-state index contributed by atoms with van der Waals surface area (Å²) < 4.78 is 10.7. The van der Waals surface area contributed by atoms with Crippen LogP contribution in [0.25, 0.3) is 0 Å². The molecule has 0 heterocycles. The average Bonchev–Trinajstić information content (AvgIpc) is 2.93. The largest absolute Gasteiger partial charge is 0.414 e. The molecule has 0 aromatic carbocycles. The van der Waals surface area contributed by atoms with Gasteiger partial charge >= 0.3 is 18.2 Å². The molecule has 39 heavy (non-hydrogen) atoms. The molecular formula is C35H67O4. The summed E-state index contributed by atoms with van der Waals surface area (Å²) in [6.07, 6.45) is 34.7. The summed E-state index contributed by atoms with van der Waals surface area (Å²) in [6, 6.07) is 0. The number of rotatable bonds is 31. The Morgan fingerprint density at radius 1 is 0.359 bits per heavy atom. The van der Waals surface area contributed by atoms with Crippen molar-refractivity contribution in [3.05, 3.63) is 6.29 Å². The maximum atomic E-state index is 12.1. The fourth-order valence-electron chi connectivity index (χ4n) is 5.10. The van der Waals surface area contributed by atoms with Crippen molar-refractivity contribution in [1.29, 1.82) is 0 Å². The van der Waals surface area contributed by atoms with Crippen LogP contribution in [-0.4, -0.2) is 11.9 Å². The van der Waals surface area contributed by atoms with E-state index in [-0.39, 0.29) is 18.2 Å². The van der Waals surface area contributed by atoms with Crippen LogP contribution >= 0.6 is 0 Å². The fourth-order valence-corrected chi connectivity index (χ4v) is 5.10. The second-order valence-electron chi connectivity index (χ2n) is 11.7. The number of ether oxygens (including phenoxy) is 2. The van der Waals surface area contributed by atoms with Crippen LogP contribution in [0.4, 0.5) is 0 Å². The lowest BCUT2D eigenvalue weighted by molar-refractivity contribution is -0.165. The predicted molar refractivity (Wildman–Crippen MR) is 166 cm³/mol. The molecule has 0 aliphatic carbocycles. The Labute approximate surface area is 244 Å². The first kappa shape index (κ1) is 37.9. The van der Waals surface area contributed by atoms with Gasteiger partial charge < -0.3 is 9.47 Å². The minimum Gasteiger partial charge on any atom is -0.414 e. The Kier molecular flexibility index (Phi) is 30.6. The quantitative estimate of drug-likeness (QED) is 0.0635. The second-order valence-corrected chi connectivity index (χ2v) is 11.7. The Morgan fingerprint density at radius 3 is 0.821 bits per heavy atom. The van der Waals surface area contributed by atoms with Crippen molar-refractivity contribution in [2.24, 2.45) is 0 Å². The van der Waals surface area contributed by atoms with Crippen LogP contribution in [0.2, 0.25) is 0 Å². The third kappa shape index (κ3) is 29.7. The van der Waals surface area contributed by atoms with Crippen molar-refractivity contribution < 1.29 is 19.1 Å². The Morgan fingerprint density at radius 2 is 0.590 bits per heavy atom. The highest BCUT2D eigenvalue weighted by Gasteiger charge is 2.19. The first-order valence-electron chi connectivity index (χ1n) is 17.4. The molecule has 0 spiro atoms. The van der Waals surface area contributed by atoms with E-state index in [1.807, 2.05) is 6.92 Å². The molecule has 0 rings (SSSR count). The van der Waals surface area contributed by atoms with E-state index in [1.165, 1.54) is 141 Å². The highest BCUT2D eigenvalue weighted by atomic mass is 16.7.